The lowest BCUT2D eigenvalue weighted by Gasteiger charge is -2.32. The molecule has 1 aliphatic rings. The maximum Gasteiger partial charge on any atom is 0.236 e. The van der Waals surface area contributed by atoms with E-state index in [1.54, 1.807) is 4.90 Å². The molecule has 1 aliphatic heterocycles. The Balaban J connectivity index is 1.46. The second kappa shape index (κ2) is 9.15. The van der Waals surface area contributed by atoms with Gasteiger partial charge in [-0.15, -0.1) is 0 Å². The zero-order valence-corrected chi connectivity index (χ0v) is 21.7. The molecule has 1 N–H and O–H groups in total. The summed E-state index contributed by atoms with van der Waals surface area (Å²) in [6.07, 6.45) is 2.17. The first-order valence-corrected chi connectivity index (χ1v) is 12.7. The Labute approximate surface area is 207 Å². The van der Waals surface area contributed by atoms with Crippen LogP contribution in [0.2, 0.25) is 0 Å². The average molecular weight is 473 g/mol. The number of likely N-dealkylation sites (N-methyl/N-ethyl adjacent to an activating group) is 1. The summed E-state index contributed by atoms with van der Waals surface area (Å²) in [5, 5.41) is 1.31. The molecule has 184 valence electrons. The highest BCUT2D eigenvalue weighted by Gasteiger charge is 2.24. The molecule has 6 nitrogen and oxygen atoms in total. The zero-order chi connectivity index (χ0) is 24.9. The second-order valence-electron chi connectivity index (χ2n) is 10.6. The molecule has 4 aromatic rings. The predicted molar refractivity (Wildman–Crippen MR) is 142 cm³/mol. The molecule has 6 heteroatoms. The number of carbonyl (C=O) groups excluding carboxylic acids is 1. The van der Waals surface area contributed by atoms with E-state index in [0.29, 0.717) is 24.3 Å². The van der Waals surface area contributed by atoms with Crippen molar-refractivity contribution in [1.82, 2.24) is 19.8 Å². The molecule has 0 radical (unpaired) electrons. The van der Waals surface area contributed by atoms with Crippen LogP contribution in [0.25, 0.3) is 33.3 Å². The van der Waals surface area contributed by atoms with E-state index >= 15 is 0 Å². The Bertz CT molecular complexity index is 1390. The van der Waals surface area contributed by atoms with Gasteiger partial charge in [0.2, 0.25) is 5.91 Å². The molecule has 2 aromatic carbocycles. The molecule has 1 amide bonds. The van der Waals surface area contributed by atoms with Gasteiger partial charge < -0.3 is 14.3 Å². The molecule has 1 fully saturated rings. The number of fused-ring (bicyclic) bond motifs is 2. The first-order valence-electron chi connectivity index (χ1n) is 12.7. The third-order valence-electron chi connectivity index (χ3n) is 7.43. The highest BCUT2D eigenvalue weighted by atomic mass is 16.3. The number of likely N-dealkylation sites (tertiary alicyclic amines) is 1. The van der Waals surface area contributed by atoms with Gasteiger partial charge in [-0.1, -0.05) is 19.9 Å². The fourth-order valence-corrected chi connectivity index (χ4v) is 5.52. The van der Waals surface area contributed by atoms with Gasteiger partial charge in [0.1, 0.15) is 5.52 Å². The fraction of sp³-hybridized carbons (Fsp3) is 0.448. The van der Waals surface area contributed by atoms with Gasteiger partial charge in [-0.3, -0.25) is 9.69 Å². The number of carbonyl (C=O) groups is 1. The van der Waals surface area contributed by atoms with Crippen molar-refractivity contribution in [3.63, 3.8) is 0 Å². The van der Waals surface area contributed by atoms with Gasteiger partial charge in [0.15, 0.2) is 11.5 Å². The van der Waals surface area contributed by atoms with E-state index in [0.717, 1.165) is 48.2 Å². The molecule has 5 rings (SSSR count). The lowest BCUT2D eigenvalue weighted by molar-refractivity contribution is -0.130. The van der Waals surface area contributed by atoms with Crippen LogP contribution in [0, 0.1) is 13.8 Å². The van der Waals surface area contributed by atoms with Gasteiger partial charge in [0.25, 0.3) is 0 Å². The lowest BCUT2D eigenvalue weighted by atomic mass is 9.87. The van der Waals surface area contributed by atoms with Gasteiger partial charge >= 0.3 is 0 Å². The van der Waals surface area contributed by atoms with Gasteiger partial charge in [-0.2, -0.15) is 0 Å². The summed E-state index contributed by atoms with van der Waals surface area (Å²) >= 11 is 0. The molecule has 1 saturated heterocycles. The minimum absolute atomic E-state index is 0.181. The Kier molecular flexibility index (Phi) is 6.18. The number of hydrogen-bond donors (Lipinski definition) is 1. The van der Waals surface area contributed by atoms with Crippen LogP contribution in [0.15, 0.2) is 34.7 Å². The Morgan fingerprint density at radius 3 is 2.60 bits per heavy atom. The van der Waals surface area contributed by atoms with Gasteiger partial charge in [-0.25, -0.2) is 4.98 Å². The summed E-state index contributed by atoms with van der Waals surface area (Å²) in [4.78, 5) is 24.4. The highest BCUT2D eigenvalue weighted by Crippen LogP contribution is 2.39. The zero-order valence-electron chi connectivity index (χ0n) is 21.7. The molecule has 2 aromatic heterocycles. The van der Waals surface area contributed by atoms with Crippen LogP contribution < -0.4 is 0 Å². The van der Waals surface area contributed by atoms with Crippen molar-refractivity contribution in [2.45, 2.75) is 52.4 Å². The van der Waals surface area contributed by atoms with Crippen molar-refractivity contribution in [1.29, 1.82) is 0 Å². The number of benzene rings is 2. The van der Waals surface area contributed by atoms with Crippen molar-refractivity contribution in [3.8, 4) is 11.3 Å². The summed E-state index contributed by atoms with van der Waals surface area (Å²) < 4.78 is 5.80. The van der Waals surface area contributed by atoms with Crippen LogP contribution in [0.4, 0.5) is 0 Å². The predicted octanol–water partition coefficient (Wildman–Crippen LogP) is 5.98. The maximum atomic E-state index is 12.1. The van der Waals surface area contributed by atoms with E-state index in [1.165, 1.54) is 27.7 Å². The molecular formula is C29H36N4O2. The van der Waals surface area contributed by atoms with Gasteiger partial charge in [-0.05, 0) is 85.6 Å². The third-order valence-corrected chi connectivity index (χ3v) is 7.43. The van der Waals surface area contributed by atoms with E-state index < -0.39 is 0 Å². The first kappa shape index (κ1) is 23.6. The number of aryl methyl sites for hydroxylation is 2. The molecule has 0 bridgehead atoms. The van der Waals surface area contributed by atoms with Crippen LogP contribution in [0.1, 0.15) is 61.1 Å². The topological polar surface area (TPSA) is 65.4 Å². The molecule has 0 unspecified atom stereocenters. The van der Waals surface area contributed by atoms with Crippen LogP contribution in [0.3, 0.4) is 0 Å². The van der Waals surface area contributed by atoms with Crippen molar-refractivity contribution in [2.75, 3.05) is 33.7 Å². The van der Waals surface area contributed by atoms with Crippen molar-refractivity contribution in [3.05, 3.63) is 52.9 Å². The van der Waals surface area contributed by atoms with Crippen molar-refractivity contribution >= 4 is 27.9 Å². The summed E-state index contributed by atoms with van der Waals surface area (Å²) in [7, 11) is 3.65. The first-order chi connectivity index (χ1) is 16.7. The van der Waals surface area contributed by atoms with Crippen LogP contribution in [-0.2, 0) is 4.79 Å². The number of amides is 1. The van der Waals surface area contributed by atoms with Crippen molar-refractivity contribution < 1.29 is 9.21 Å². The number of H-pyrrole nitrogens is 1. The molecule has 3 heterocycles. The van der Waals surface area contributed by atoms with E-state index in [1.807, 2.05) is 21.0 Å². The number of piperidine rings is 1. The quantitative estimate of drug-likeness (QED) is 0.388. The summed E-state index contributed by atoms with van der Waals surface area (Å²) in [5.41, 5.74) is 9.15. The summed E-state index contributed by atoms with van der Waals surface area (Å²) in [5.74, 6) is 1.78. The minimum atomic E-state index is 0.181. The SMILES string of the molecule is Cc1nc2cc(-c3[nH]c4ccc(C5CCN(CC(=O)N(C)C)CC5)cc4c3C(C)C)cc(C)c2o1. The highest BCUT2D eigenvalue weighted by molar-refractivity contribution is 5.94. The Morgan fingerprint density at radius 2 is 1.91 bits per heavy atom. The third kappa shape index (κ3) is 4.47. The summed E-state index contributed by atoms with van der Waals surface area (Å²) in [6.45, 7) is 11.0. The molecule has 0 aliphatic carbocycles. The number of oxazole rings is 1. The van der Waals surface area contributed by atoms with E-state index in [-0.39, 0.29) is 5.91 Å². The lowest BCUT2D eigenvalue weighted by Crippen LogP contribution is -2.40. The van der Waals surface area contributed by atoms with Gasteiger partial charge in [0.05, 0.1) is 12.2 Å². The molecule has 35 heavy (non-hydrogen) atoms. The van der Waals surface area contributed by atoms with Crippen molar-refractivity contribution in [2.24, 2.45) is 0 Å². The smallest absolute Gasteiger partial charge is 0.236 e. The van der Waals surface area contributed by atoms with E-state index in [4.69, 9.17) is 4.42 Å². The van der Waals surface area contributed by atoms with E-state index in [9.17, 15) is 4.79 Å². The number of rotatable bonds is 5. The fourth-order valence-electron chi connectivity index (χ4n) is 5.52. The molecule has 0 saturated carbocycles. The average Bonchev–Trinajstić information content (AvgIpc) is 3.39. The number of aromatic nitrogens is 2. The number of nitrogens with one attached hydrogen (secondary N) is 1. The number of aromatic amines is 1. The second-order valence-corrected chi connectivity index (χ2v) is 10.6. The maximum absolute atomic E-state index is 12.1. The standard InChI is InChI=1S/C29H36N4O2/c1-17(2)27-23-14-21(20-9-11-33(12-10-20)16-26(34)32(5)6)7-8-24(23)31-28(27)22-13-18(3)29-25(15-22)30-19(4)35-29/h7-8,13-15,17,20,31H,9-12,16H2,1-6H3. The van der Waals surface area contributed by atoms with Crippen LogP contribution in [-0.4, -0.2) is 59.4 Å². The summed E-state index contributed by atoms with van der Waals surface area (Å²) in [6, 6.07) is 11.3. The molecule has 0 spiro atoms. The van der Waals surface area contributed by atoms with Crippen LogP contribution in [0.5, 0.6) is 0 Å². The number of hydrogen-bond acceptors (Lipinski definition) is 4. The molecular weight excluding hydrogens is 436 g/mol. The Morgan fingerprint density at radius 1 is 1.17 bits per heavy atom. The monoisotopic (exact) mass is 472 g/mol. The minimum Gasteiger partial charge on any atom is -0.441 e. The Hall–Kier alpha value is -3.12. The van der Waals surface area contributed by atoms with Crippen LogP contribution >= 0.6 is 0 Å². The molecule has 0 atom stereocenters. The van der Waals surface area contributed by atoms with Gasteiger partial charge in [0, 0.05) is 37.5 Å². The largest absolute Gasteiger partial charge is 0.441 e. The number of nitrogens with zero attached hydrogens (tertiary/aromatic N) is 3. The normalized spacial score (nSPS) is 15.5. The van der Waals surface area contributed by atoms with E-state index in [2.05, 4.69) is 66.0 Å².